The molecule has 1 aliphatic heterocycles. The lowest BCUT2D eigenvalue weighted by Crippen LogP contribution is -2.34. The molecule has 0 unspecified atom stereocenters. The Hall–Kier alpha value is -0.820. The molecule has 2 rings (SSSR count). The van der Waals surface area contributed by atoms with Gasteiger partial charge in [0.15, 0.2) is 0 Å². The van der Waals surface area contributed by atoms with Gasteiger partial charge < -0.3 is 5.32 Å². The zero-order chi connectivity index (χ0) is 7.68. The highest BCUT2D eigenvalue weighted by Crippen LogP contribution is 2.22. The molecule has 1 nitrogen and oxygen atoms in total. The minimum Gasteiger partial charge on any atom is -0.310 e. The molecule has 1 saturated heterocycles. The fourth-order valence-corrected chi connectivity index (χ4v) is 1.37. The Morgan fingerprint density at radius 1 is 1.27 bits per heavy atom. The Bertz CT molecular complexity index is 234. The number of hydrogen-bond donors (Lipinski definition) is 1. The van der Waals surface area contributed by atoms with Gasteiger partial charge in [0.05, 0.1) is 0 Å². The van der Waals surface area contributed by atoms with Crippen molar-refractivity contribution < 1.29 is 0 Å². The van der Waals surface area contributed by atoms with Gasteiger partial charge in [-0.3, -0.25) is 0 Å². The number of nitrogens with one attached hydrogen (secondary N) is 1. The topological polar surface area (TPSA) is 12.0 Å². The van der Waals surface area contributed by atoms with Crippen molar-refractivity contribution in [3.63, 3.8) is 0 Å². The van der Waals surface area contributed by atoms with Gasteiger partial charge in [0.25, 0.3) is 0 Å². The van der Waals surface area contributed by atoms with Gasteiger partial charge in [-0.15, -0.1) is 0 Å². The molecule has 1 heteroatoms. The Kier molecular flexibility index (Phi) is 1.66. The molecule has 0 amide bonds. The average molecular weight is 147 g/mol. The molecular weight excluding hydrogens is 134 g/mol. The summed E-state index contributed by atoms with van der Waals surface area (Å²) in [6, 6.07) is 9.42. The maximum absolute atomic E-state index is 3.38. The molecule has 11 heavy (non-hydrogen) atoms. The summed E-state index contributed by atoms with van der Waals surface area (Å²) in [4.78, 5) is 0. The normalized spacial score (nSPS) is 22.8. The second kappa shape index (κ2) is 2.67. The third kappa shape index (κ3) is 1.29. The van der Waals surface area contributed by atoms with Crippen LogP contribution < -0.4 is 5.32 Å². The van der Waals surface area contributed by atoms with E-state index in [1.807, 2.05) is 0 Å². The van der Waals surface area contributed by atoms with Crippen LogP contribution in [0.15, 0.2) is 24.3 Å². The van der Waals surface area contributed by atoms with Gasteiger partial charge in [-0.2, -0.15) is 0 Å². The minimum absolute atomic E-state index is 0.635. The molecule has 1 atom stereocenters. The molecule has 0 bridgehead atoms. The molecule has 0 spiro atoms. The Morgan fingerprint density at radius 2 is 1.91 bits per heavy atom. The predicted molar refractivity (Wildman–Crippen MR) is 46.5 cm³/mol. The van der Waals surface area contributed by atoms with Gasteiger partial charge >= 0.3 is 0 Å². The Labute approximate surface area is 67.4 Å². The van der Waals surface area contributed by atoms with Gasteiger partial charge in [-0.1, -0.05) is 29.8 Å². The van der Waals surface area contributed by atoms with Crippen LogP contribution in [-0.4, -0.2) is 6.54 Å². The Balaban J connectivity index is 2.18. The summed E-state index contributed by atoms with van der Waals surface area (Å²) in [5.74, 6) is 0. The third-order valence-electron chi connectivity index (χ3n) is 2.30. The van der Waals surface area contributed by atoms with Crippen molar-refractivity contribution >= 4 is 0 Å². The average Bonchev–Trinajstić information content (AvgIpc) is 1.90. The molecule has 1 heterocycles. The zero-order valence-electron chi connectivity index (χ0n) is 6.80. The Morgan fingerprint density at radius 3 is 2.36 bits per heavy atom. The number of aryl methyl sites for hydroxylation is 1. The minimum atomic E-state index is 0.635. The SMILES string of the molecule is Cc1ccc([C@@H]2CCN2)cc1. The van der Waals surface area contributed by atoms with E-state index in [1.54, 1.807) is 0 Å². The third-order valence-corrected chi connectivity index (χ3v) is 2.30. The van der Waals surface area contributed by atoms with Crippen LogP contribution in [0, 0.1) is 6.92 Å². The molecule has 0 saturated carbocycles. The van der Waals surface area contributed by atoms with Crippen molar-refractivity contribution in [1.29, 1.82) is 0 Å². The highest BCUT2D eigenvalue weighted by atomic mass is 15.0. The van der Waals surface area contributed by atoms with Gasteiger partial charge in [-0.05, 0) is 25.5 Å². The fraction of sp³-hybridized carbons (Fsp3) is 0.400. The standard InChI is InChI=1S/C10H13N/c1-8-2-4-9(5-3-8)10-6-7-11-10/h2-5,10-11H,6-7H2,1H3/t10-/m0/s1. The summed E-state index contributed by atoms with van der Waals surface area (Å²) in [5, 5.41) is 3.38. The first-order chi connectivity index (χ1) is 5.36. The fourth-order valence-electron chi connectivity index (χ4n) is 1.37. The van der Waals surface area contributed by atoms with E-state index in [4.69, 9.17) is 0 Å². The van der Waals surface area contributed by atoms with Gasteiger partial charge in [0.2, 0.25) is 0 Å². The zero-order valence-corrected chi connectivity index (χ0v) is 6.80. The first-order valence-corrected chi connectivity index (χ1v) is 4.16. The molecule has 1 fully saturated rings. The maximum Gasteiger partial charge on any atom is 0.0332 e. The van der Waals surface area contributed by atoms with Crippen LogP contribution in [0.3, 0.4) is 0 Å². The van der Waals surface area contributed by atoms with Gasteiger partial charge in [0, 0.05) is 6.04 Å². The van der Waals surface area contributed by atoms with Crippen LogP contribution in [0.5, 0.6) is 0 Å². The van der Waals surface area contributed by atoms with E-state index >= 15 is 0 Å². The van der Waals surface area contributed by atoms with Gasteiger partial charge in [-0.25, -0.2) is 0 Å². The summed E-state index contributed by atoms with van der Waals surface area (Å²) in [5.41, 5.74) is 2.77. The molecule has 1 aromatic rings. The second-order valence-electron chi connectivity index (χ2n) is 3.21. The molecular formula is C10H13N. The second-order valence-corrected chi connectivity index (χ2v) is 3.21. The highest BCUT2D eigenvalue weighted by Gasteiger charge is 2.17. The molecule has 0 aliphatic carbocycles. The van der Waals surface area contributed by atoms with E-state index in [0.717, 1.165) is 0 Å². The van der Waals surface area contributed by atoms with E-state index in [2.05, 4.69) is 36.5 Å². The quantitative estimate of drug-likeness (QED) is 0.641. The lowest BCUT2D eigenvalue weighted by molar-refractivity contribution is 0.383. The maximum atomic E-state index is 3.38. The van der Waals surface area contributed by atoms with Crippen molar-refractivity contribution in [3.05, 3.63) is 35.4 Å². The van der Waals surface area contributed by atoms with E-state index in [9.17, 15) is 0 Å². The number of rotatable bonds is 1. The summed E-state index contributed by atoms with van der Waals surface area (Å²) in [6.45, 7) is 3.30. The molecule has 0 aromatic heterocycles. The molecule has 0 radical (unpaired) electrons. The first-order valence-electron chi connectivity index (χ1n) is 4.16. The number of benzene rings is 1. The van der Waals surface area contributed by atoms with Crippen LogP contribution >= 0.6 is 0 Å². The van der Waals surface area contributed by atoms with Crippen molar-refractivity contribution in [2.24, 2.45) is 0 Å². The summed E-state index contributed by atoms with van der Waals surface area (Å²) in [7, 11) is 0. The highest BCUT2D eigenvalue weighted by molar-refractivity contribution is 5.25. The van der Waals surface area contributed by atoms with Crippen LogP contribution in [-0.2, 0) is 0 Å². The largest absolute Gasteiger partial charge is 0.310 e. The van der Waals surface area contributed by atoms with Crippen molar-refractivity contribution in [3.8, 4) is 0 Å². The molecule has 58 valence electrons. The smallest absolute Gasteiger partial charge is 0.0332 e. The van der Waals surface area contributed by atoms with Crippen LogP contribution in [0.2, 0.25) is 0 Å². The van der Waals surface area contributed by atoms with Gasteiger partial charge in [0.1, 0.15) is 0 Å². The summed E-state index contributed by atoms with van der Waals surface area (Å²) >= 11 is 0. The predicted octanol–water partition coefficient (Wildman–Crippen LogP) is 2.03. The van der Waals surface area contributed by atoms with Crippen molar-refractivity contribution in [1.82, 2.24) is 5.32 Å². The molecule has 1 aromatic carbocycles. The van der Waals surface area contributed by atoms with E-state index < -0.39 is 0 Å². The lowest BCUT2D eigenvalue weighted by Gasteiger charge is -2.27. The van der Waals surface area contributed by atoms with Crippen LogP contribution in [0.25, 0.3) is 0 Å². The van der Waals surface area contributed by atoms with E-state index in [1.165, 1.54) is 24.1 Å². The lowest BCUT2D eigenvalue weighted by atomic mass is 9.97. The van der Waals surface area contributed by atoms with Crippen molar-refractivity contribution in [2.75, 3.05) is 6.54 Å². The van der Waals surface area contributed by atoms with E-state index in [-0.39, 0.29) is 0 Å². The molecule has 1 N–H and O–H groups in total. The van der Waals surface area contributed by atoms with Crippen LogP contribution in [0.4, 0.5) is 0 Å². The van der Waals surface area contributed by atoms with Crippen molar-refractivity contribution in [2.45, 2.75) is 19.4 Å². The summed E-state index contributed by atoms with van der Waals surface area (Å²) in [6.07, 6.45) is 1.29. The number of hydrogen-bond acceptors (Lipinski definition) is 1. The van der Waals surface area contributed by atoms with Crippen LogP contribution in [0.1, 0.15) is 23.6 Å². The summed E-state index contributed by atoms with van der Waals surface area (Å²) < 4.78 is 0. The van der Waals surface area contributed by atoms with E-state index in [0.29, 0.717) is 6.04 Å². The monoisotopic (exact) mass is 147 g/mol. The molecule has 1 aliphatic rings. The first kappa shape index (κ1) is 6.86.